The van der Waals surface area contributed by atoms with Gasteiger partial charge in [-0.1, -0.05) is 65.7 Å². The Bertz CT molecular complexity index is 1030. The number of benzene rings is 3. The van der Waals surface area contributed by atoms with E-state index >= 15 is 0 Å². The van der Waals surface area contributed by atoms with Crippen LogP contribution in [-0.2, 0) is 9.53 Å². The van der Waals surface area contributed by atoms with E-state index in [2.05, 4.69) is 10.6 Å². The van der Waals surface area contributed by atoms with Crippen molar-refractivity contribution in [1.82, 2.24) is 5.32 Å². The van der Waals surface area contributed by atoms with Crippen LogP contribution in [0.3, 0.4) is 0 Å². The molecule has 6 heteroatoms. The molecule has 0 fully saturated rings. The van der Waals surface area contributed by atoms with Gasteiger partial charge in [-0.25, -0.2) is 0 Å². The van der Waals surface area contributed by atoms with E-state index in [1.165, 1.54) is 7.11 Å². The number of carbonyl (C=O) groups is 2. The number of hydrogen-bond donors (Lipinski definition) is 2. The summed E-state index contributed by atoms with van der Waals surface area (Å²) in [5.74, 6) is -0.631. The fourth-order valence-corrected chi connectivity index (χ4v) is 3.30. The molecule has 5 nitrogen and oxygen atoms in total. The fourth-order valence-electron chi connectivity index (χ4n) is 3.11. The van der Waals surface area contributed by atoms with Crippen LogP contribution in [0, 0.1) is 6.92 Å². The van der Waals surface area contributed by atoms with Gasteiger partial charge in [0.25, 0.3) is 5.91 Å². The van der Waals surface area contributed by atoms with E-state index in [0.717, 1.165) is 16.7 Å². The van der Waals surface area contributed by atoms with Crippen molar-refractivity contribution in [2.24, 2.45) is 0 Å². The van der Waals surface area contributed by atoms with Crippen LogP contribution in [0.15, 0.2) is 72.8 Å². The van der Waals surface area contributed by atoms with Crippen molar-refractivity contribution in [2.75, 3.05) is 19.0 Å². The second-order valence-electron chi connectivity index (χ2n) is 6.85. The molecule has 30 heavy (non-hydrogen) atoms. The summed E-state index contributed by atoms with van der Waals surface area (Å²) < 4.78 is 4.77. The molecule has 0 aromatic heterocycles. The van der Waals surface area contributed by atoms with Gasteiger partial charge >= 0.3 is 5.97 Å². The maximum Gasteiger partial charge on any atom is 0.319 e. The Morgan fingerprint density at radius 1 is 1.00 bits per heavy atom. The number of halogens is 1. The Labute approximate surface area is 181 Å². The van der Waals surface area contributed by atoms with Crippen molar-refractivity contribution in [1.29, 1.82) is 0 Å². The van der Waals surface area contributed by atoms with Gasteiger partial charge < -0.3 is 10.1 Å². The average molecular weight is 423 g/mol. The Morgan fingerprint density at radius 2 is 1.73 bits per heavy atom. The highest BCUT2D eigenvalue weighted by Gasteiger charge is 2.20. The van der Waals surface area contributed by atoms with Gasteiger partial charge in [-0.15, -0.1) is 0 Å². The third-order valence-corrected chi connectivity index (χ3v) is 4.93. The molecule has 0 saturated heterocycles. The van der Waals surface area contributed by atoms with E-state index in [4.69, 9.17) is 16.3 Å². The first-order chi connectivity index (χ1) is 14.5. The third-order valence-electron chi connectivity index (χ3n) is 4.70. The minimum absolute atomic E-state index is 0.0334. The lowest BCUT2D eigenvalue weighted by Gasteiger charge is -2.22. The van der Waals surface area contributed by atoms with E-state index in [1.54, 1.807) is 24.3 Å². The zero-order chi connectivity index (χ0) is 21.5. The predicted octanol–water partition coefficient (Wildman–Crippen LogP) is 4.75. The first-order valence-electron chi connectivity index (χ1n) is 9.50. The van der Waals surface area contributed by atoms with Crippen LogP contribution in [0.4, 0.5) is 5.69 Å². The molecule has 3 aromatic rings. The topological polar surface area (TPSA) is 67.4 Å². The van der Waals surface area contributed by atoms with E-state index in [1.807, 2.05) is 55.5 Å². The zero-order valence-corrected chi connectivity index (χ0v) is 17.6. The number of esters is 1. The van der Waals surface area contributed by atoms with Gasteiger partial charge in [-0.2, -0.15) is 0 Å². The molecule has 1 atom stereocenters. The minimum Gasteiger partial charge on any atom is -0.468 e. The SMILES string of the molecule is COC(=O)CNC(c1ccc(C)cc1)c1ccccc1NC(=O)c1cccc(Cl)c1. The third kappa shape index (κ3) is 5.47. The van der Waals surface area contributed by atoms with E-state index < -0.39 is 0 Å². The summed E-state index contributed by atoms with van der Waals surface area (Å²) in [7, 11) is 1.35. The fraction of sp³-hybridized carbons (Fsp3) is 0.167. The van der Waals surface area contributed by atoms with Gasteiger partial charge in [-0.3, -0.25) is 14.9 Å². The molecule has 2 N–H and O–H groups in total. The lowest BCUT2D eigenvalue weighted by Crippen LogP contribution is -2.30. The summed E-state index contributed by atoms with van der Waals surface area (Å²) in [5, 5.41) is 6.70. The molecule has 0 spiro atoms. The molecule has 0 bridgehead atoms. The quantitative estimate of drug-likeness (QED) is 0.539. The first kappa shape index (κ1) is 21.6. The summed E-state index contributed by atoms with van der Waals surface area (Å²) in [5.41, 5.74) is 4.04. The Kier molecular flexibility index (Phi) is 7.22. The molecule has 0 aliphatic heterocycles. The standard InChI is InChI=1S/C24H23ClN2O3/c1-16-10-12-17(13-11-16)23(26-15-22(28)30-2)20-8-3-4-9-21(20)27-24(29)18-6-5-7-19(25)14-18/h3-14,23,26H,15H2,1-2H3,(H,27,29). The molecule has 0 saturated carbocycles. The van der Waals surface area contributed by atoms with Crippen LogP contribution in [0.1, 0.15) is 33.1 Å². The number of rotatable bonds is 7. The van der Waals surface area contributed by atoms with Gasteiger partial charge in [0.05, 0.1) is 19.7 Å². The van der Waals surface area contributed by atoms with Gasteiger partial charge in [0.2, 0.25) is 0 Å². The van der Waals surface area contributed by atoms with Crippen LogP contribution in [-0.4, -0.2) is 25.5 Å². The lowest BCUT2D eigenvalue weighted by molar-refractivity contribution is -0.139. The number of methoxy groups -OCH3 is 1. The van der Waals surface area contributed by atoms with Gasteiger partial charge in [0.1, 0.15) is 0 Å². The largest absolute Gasteiger partial charge is 0.468 e. The summed E-state index contributed by atoms with van der Waals surface area (Å²) >= 11 is 6.02. The molecule has 0 aliphatic rings. The number of para-hydroxylation sites is 1. The van der Waals surface area contributed by atoms with Crippen molar-refractivity contribution < 1.29 is 14.3 Å². The number of anilines is 1. The average Bonchev–Trinajstić information content (AvgIpc) is 2.75. The Hall–Kier alpha value is -3.15. The molecule has 3 aromatic carbocycles. The maximum atomic E-state index is 12.8. The molecule has 1 unspecified atom stereocenters. The number of nitrogens with one attached hydrogen (secondary N) is 2. The number of hydrogen-bond acceptors (Lipinski definition) is 4. The molecule has 0 aliphatic carbocycles. The number of ether oxygens (including phenoxy) is 1. The highest BCUT2D eigenvalue weighted by Crippen LogP contribution is 2.29. The molecule has 3 rings (SSSR count). The minimum atomic E-state index is -0.368. The normalized spacial score (nSPS) is 11.6. The smallest absolute Gasteiger partial charge is 0.319 e. The summed E-state index contributed by atoms with van der Waals surface area (Å²) in [4.78, 5) is 24.5. The van der Waals surface area contributed by atoms with Crippen molar-refractivity contribution >= 4 is 29.2 Å². The number of amides is 1. The summed E-state index contributed by atoms with van der Waals surface area (Å²) in [6, 6.07) is 22.0. The van der Waals surface area contributed by atoms with Crippen LogP contribution < -0.4 is 10.6 Å². The molecule has 154 valence electrons. The Morgan fingerprint density at radius 3 is 2.43 bits per heavy atom. The van der Waals surface area contributed by atoms with Crippen molar-refractivity contribution in [3.8, 4) is 0 Å². The summed E-state index contributed by atoms with van der Waals surface area (Å²) in [6.45, 7) is 2.05. The van der Waals surface area contributed by atoms with Crippen LogP contribution in [0.25, 0.3) is 0 Å². The first-order valence-corrected chi connectivity index (χ1v) is 9.88. The predicted molar refractivity (Wildman–Crippen MR) is 119 cm³/mol. The monoisotopic (exact) mass is 422 g/mol. The van der Waals surface area contributed by atoms with E-state index in [-0.39, 0.29) is 24.5 Å². The Balaban J connectivity index is 1.94. The van der Waals surface area contributed by atoms with Crippen LogP contribution in [0.2, 0.25) is 5.02 Å². The summed E-state index contributed by atoms with van der Waals surface area (Å²) in [6.07, 6.45) is 0. The second kappa shape index (κ2) is 10.1. The van der Waals surface area contributed by atoms with Crippen molar-refractivity contribution in [3.05, 3.63) is 100 Å². The highest BCUT2D eigenvalue weighted by molar-refractivity contribution is 6.31. The highest BCUT2D eigenvalue weighted by atomic mass is 35.5. The van der Waals surface area contributed by atoms with Crippen LogP contribution in [0.5, 0.6) is 0 Å². The number of carbonyl (C=O) groups excluding carboxylic acids is 2. The van der Waals surface area contributed by atoms with Gasteiger partial charge in [0, 0.05) is 16.3 Å². The molecule has 0 radical (unpaired) electrons. The van der Waals surface area contributed by atoms with E-state index in [0.29, 0.717) is 16.3 Å². The van der Waals surface area contributed by atoms with Crippen LogP contribution >= 0.6 is 11.6 Å². The lowest BCUT2D eigenvalue weighted by atomic mass is 9.96. The molecule has 1 amide bonds. The van der Waals surface area contributed by atoms with Gasteiger partial charge in [0.15, 0.2) is 0 Å². The van der Waals surface area contributed by atoms with Gasteiger partial charge in [-0.05, 0) is 42.3 Å². The van der Waals surface area contributed by atoms with Crippen molar-refractivity contribution in [2.45, 2.75) is 13.0 Å². The number of aryl methyl sites for hydroxylation is 1. The second-order valence-corrected chi connectivity index (χ2v) is 7.29. The molecular formula is C24H23ClN2O3. The molecular weight excluding hydrogens is 400 g/mol. The van der Waals surface area contributed by atoms with Crippen molar-refractivity contribution in [3.63, 3.8) is 0 Å². The van der Waals surface area contributed by atoms with E-state index in [9.17, 15) is 9.59 Å². The zero-order valence-electron chi connectivity index (χ0n) is 16.8. The maximum absolute atomic E-state index is 12.8. The molecule has 0 heterocycles.